The molecule has 3 unspecified atom stereocenters. The van der Waals surface area contributed by atoms with Crippen LogP contribution in [-0.4, -0.2) is 46.9 Å². The second-order valence-electron chi connectivity index (χ2n) is 15.8. The Morgan fingerprint density at radius 2 is 0.966 bits per heavy atom. The largest absolute Gasteiger partial charge is 0.461 e. The molecular formula is C52H89NO5. The lowest BCUT2D eigenvalue weighted by Crippen LogP contribution is -2.46. The molecule has 3 atom stereocenters. The van der Waals surface area contributed by atoms with Crippen molar-refractivity contribution in [2.24, 2.45) is 0 Å². The van der Waals surface area contributed by atoms with Gasteiger partial charge in [-0.1, -0.05) is 202 Å². The van der Waals surface area contributed by atoms with Crippen LogP contribution in [0.4, 0.5) is 0 Å². The molecule has 0 aliphatic heterocycles. The Morgan fingerprint density at radius 1 is 0.534 bits per heavy atom. The van der Waals surface area contributed by atoms with Crippen molar-refractivity contribution in [3.05, 3.63) is 85.1 Å². The quantitative estimate of drug-likeness (QED) is 0.0325. The number of ether oxygens (including phenoxy) is 1. The number of allylic oxidation sites excluding steroid dienone is 13. The summed E-state index contributed by atoms with van der Waals surface area (Å²) in [7, 11) is 0. The van der Waals surface area contributed by atoms with E-state index >= 15 is 0 Å². The highest BCUT2D eigenvalue weighted by molar-refractivity contribution is 5.77. The van der Waals surface area contributed by atoms with Gasteiger partial charge in [0.05, 0.1) is 25.2 Å². The Labute approximate surface area is 357 Å². The van der Waals surface area contributed by atoms with Crippen molar-refractivity contribution in [1.29, 1.82) is 0 Å². The van der Waals surface area contributed by atoms with E-state index < -0.39 is 18.2 Å². The predicted octanol–water partition coefficient (Wildman–Crippen LogP) is 14.0. The van der Waals surface area contributed by atoms with E-state index in [0.717, 1.165) is 89.9 Å². The summed E-state index contributed by atoms with van der Waals surface area (Å²) in [4.78, 5) is 26.0. The van der Waals surface area contributed by atoms with Crippen LogP contribution in [0.5, 0.6) is 0 Å². The third-order valence-electron chi connectivity index (χ3n) is 10.2. The van der Waals surface area contributed by atoms with Crippen molar-refractivity contribution in [3.63, 3.8) is 0 Å². The van der Waals surface area contributed by atoms with Crippen LogP contribution in [0.1, 0.15) is 207 Å². The molecule has 0 aliphatic carbocycles. The van der Waals surface area contributed by atoms with Gasteiger partial charge >= 0.3 is 5.97 Å². The average Bonchev–Trinajstić information content (AvgIpc) is 3.22. The van der Waals surface area contributed by atoms with Gasteiger partial charge in [-0.15, -0.1) is 0 Å². The number of aliphatic hydroxyl groups excluding tert-OH is 2. The second-order valence-corrected chi connectivity index (χ2v) is 15.8. The van der Waals surface area contributed by atoms with E-state index in [0.29, 0.717) is 19.3 Å². The molecule has 58 heavy (non-hydrogen) atoms. The molecule has 0 saturated heterocycles. The van der Waals surface area contributed by atoms with Gasteiger partial charge in [-0.25, -0.2) is 0 Å². The summed E-state index contributed by atoms with van der Waals surface area (Å²) < 4.78 is 5.85. The van der Waals surface area contributed by atoms with Crippen LogP contribution >= 0.6 is 0 Å². The SMILES string of the molecule is CC/C=C\C/C=C\C/C=C\C/C=C\C/C=C\CC(CC(=O)NC(CO)C(O)CCCCCCCCCCCC)OC(=O)CCCCCCCCC/C=C/C/C=C/CC. The summed E-state index contributed by atoms with van der Waals surface area (Å²) in [6, 6.07) is -0.736. The van der Waals surface area contributed by atoms with Crippen LogP contribution < -0.4 is 5.32 Å². The number of aliphatic hydroxyl groups is 2. The zero-order valence-electron chi connectivity index (χ0n) is 37.6. The van der Waals surface area contributed by atoms with E-state index in [1.54, 1.807) is 0 Å². The number of rotatable bonds is 41. The molecule has 0 saturated carbocycles. The zero-order valence-corrected chi connectivity index (χ0v) is 37.6. The molecule has 1 amide bonds. The van der Waals surface area contributed by atoms with Crippen molar-refractivity contribution >= 4 is 11.9 Å². The van der Waals surface area contributed by atoms with Crippen LogP contribution in [0.15, 0.2) is 85.1 Å². The van der Waals surface area contributed by atoms with Crippen molar-refractivity contribution in [1.82, 2.24) is 5.32 Å². The lowest BCUT2D eigenvalue weighted by molar-refractivity contribution is -0.150. The van der Waals surface area contributed by atoms with Crippen molar-refractivity contribution in [3.8, 4) is 0 Å². The number of carbonyl (C=O) groups excluding carboxylic acids is 2. The Morgan fingerprint density at radius 3 is 1.47 bits per heavy atom. The third kappa shape index (κ3) is 39.8. The molecule has 0 fully saturated rings. The maximum Gasteiger partial charge on any atom is 0.306 e. The van der Waals surface area contributed by atoms with E-state index in [2.05, 4.69) is 99.0 Å². The van der Waals surface area contributed by atoms with Gasteiger partial charge in [-0.05, 0) is 70.6 Å². The number of amides is 1. The molecular weight excluding hydrogens is 719 g/mol. The molecule has 0 heterocycles. The molecule has 0 aliphatic rings. The minimum absolute atomic E-state index is 0.00778. The van der Waals surface area contributed by atoms with E-state index in [1.807, 2.05) is 12.2 Å². The first kappa shape index (κ1) is 55.0. The molecule has 0 aromatic heterocycles. The summed E-state index contributed by atoms with van der Waals surface area (Å²) in [5.74, 6) is -0.597. The molecule has 6 nitrogen and oxygen atoms in total. The number of unbranched alkanes of at least 4 members (excludes halogenated alkanes) is 16. The molecule has 0 aromatic rings. The minimum Gasteiger partial charge on any atom is -0.461 e. The molecule has 0 aromatic carbocycles. The molecule has 3 N–H and O–H groups in total. The maximum atomic E-state index is 13.1. The smallest absolute Gasteiger partial charge is 0.306 e. The molecule has 0 radical (unpaired) electrons. The van der Waals surface area contributed by atoms with Crippen molar-refractivity contribution < 1.29 is 24.5 Å². The van der Waals surface area contributed by atoms with Gasteiger partial charge in [-0.2, -0.15) is 0 Å². The molecule has 0 spiro atoms. The Kier molecular flexibility index (Phi) is 42.8. The van der Waals surface area contributed by atoms with Gasteiger partial charge in [0.25, 0.3) is 0 Å². The van der Waals surface area contributed by atoms with Gasteiger partial charge < -0.3 is 20.3 Å². The van der Waals surface area contributed by atoms with Crippen LogP contribution in [0.3, 0.4) is 0 Å². The van der Waals surface area contributed by atoms with Crippen molar-refractivity contribution in [2.75, 3.05) is 6.61 Å². The summed E-state index contributed by atoms with van der Waals surface area (Å²) in [5.41, 5.74) is 0. The zero-order chi connectivity index (χ0) is 42.4. The minimum atomic E-state index is -0.815. The molecule has 0 bridgehead atoms. The number of nitrogens with one attached hydrogen (secondary N) is 1. The van der Waals surface area contributed by atoms with Gasteiger partial charge in [0.1, 0.15) is 6.10 Å². The summed E-state index contributed by atoms with van der Waals surface area (Å²) in [5, 5.41) is 23.6. The van der Waals surface area contributed by atoms with Crippen LogP contribution in [0, 0.1) is 0 Å². The fourth-order valence-electron chi connectivity index (χ4n) is 6.67. The fourth-order valence-corrected chi connectivity index (χ4v) is 6.67. The monoisotopic (exact) mass is 808 g/mol. The Hall–Kier alpha value is -2.96. The van der Waals surface area contributed by atoms with E-state index in [4.69, 9.17) is 4.74 Å². The lowest BCUT2D eigenvalue weighted by atomic mass is 10.0. The van der Waals surface area contributed by atoms with E-state index in [-0.39, 0.29) is 24.9 Å². The van der Waals surface area contributed by atoms with Crippen LogP contribution in [0.2, 0.25) is 0 Å². The van der Waals surface area contributed by atoms with Crippen molar-refractivity contribution in [2.45, 2.75) is 225 Å². The topological polar surface area (TPSA) is 95.9 Å². The number of esters is 1. The summed E-state index contributed by atoms with van der Waals surface area (Å²) in [6.45, 7) is 6.20. The van der Waals surface area contributed by atoms with Gasteiger partial charge in [0, 0.05) is 12.8 Å². The van der Waals surface area contributed by atoms with E-state index in [9.17, 15) is 19.8 Å². The van der Waals surface area contributed by atoms with Gasteiger partial charge in [0.2, 0.25) is 5.91 Å². The predicted molar refractivity (Wildman–Crippen MR) is 250 cm³/mol. The fraction of sp³-hybridized carbons (Fsp3) is 0.692. The Bertz CT molecular complexity index is 1130. The molecule has 332 valence electrons. The maximum absolute atomic E-state index is 13.1. The van der Waals surface area contributed by atoms with Gasteiger partial charge in [0.15, 0.2) is 0 Å². The average molecular weight is 808 g/mol. The number of hydrogen-bond donors (Lipinski definition) is 3. The molecule has 6 heteroatoms. The van der Waals surface area contributed by atoms with Gasteiger partial charge in [-0.3, -0.25) is 9.59 Å². The highest BCUT2D eigenvalue weighted by Crippen LogP contribution is 2.15. The highest BCUT2D eigenvalue weighted by atomic mass is 16.5. The highest BCUT2D eigenvalue weighted by Gasteiger charge is 2.23. The normalized spacial score (nSPS) is 14.1. The lowest BCUT2D eigenvalue weighted by Gasteiger charge is -2.24. The van der Waals surface area contributed by atoms with Crippen LogP contribution in [-0.2, 0) is 14.3 Å². The second kappa shape index (κ2) is 45.1. The first-order valence-electron chi connectivity index (χ1n) is 23.8. The number of carbonyl (C=O) groups is 2. The standard InChI is InChI=1S/C52H89NO5/c1-4-7-10-13-16-19-22-24-26-27-29-31-34-37-40-43-48(58-52(57)45-42-39-36-33-30-28-25-23-20-17-14-11-8-5-2)46-51(56)53-49(47-54)50(55)44-41-38-35-32-21-18-15-12-9-6-3/h7-8,10-11,16-17,19-20,24,26,29,31,37,40,48-50,54-55H,4-6,9,12-15,18,21-23,25,27-28,30,32-36,38-39,41-47H2,1-3H3,(H,53,56)/b10-7-,11-8+,19-16-,20-17+,26-24-,31-29-,40-37-. The molecule has 0 rings (SSSR count). The third-order valence-corrected chi connectivity index (χ3v) is 10.2. The summed E-state index contributed by atoms with van der Waals surface area (Å²) in [6.07, 6.45) is 58.0. The Balaban J connectivity index is 4.78. The van der Waals surface area contributed by atoms with E-state index in [1.165, 1.54) is 70.6 Å². The first-order valence-corrected chi connectivity index (χ1v) is 23.8. The van der Waals surface area contributed by atoms with Crippen LogP contribution in [0.25, 0.3) is 0 Å². The first-order chi connectivity index (χ1) is 28.5. The number of hydrogen-bond acceptors (Lipinski definition) is 5. The summed E-state index contributed by atoms with van der Waals surface area (Å²) >= 11 is 0.